The zero-order valence-electron chi connectivity index (χ0n) is 11.6. The van der Waals surface area contributed by atoms with E-state index < -0.39 is 0 Å². The highest BCUT2D eigenvalue weighted by molar-refractivity contribution is 5.94. The van der Waals surface area contributed by atoms with Crippen LogP contribution in [0.2, 0.25) is 0 Å². The Bertz CT molecular complexity index is 463. The maximum Gasteiger partial charge on any atom is 0.310 e. The summed E-state index contributed by atoms with van der Waals surface area (Å²) in [5.41, 5.74) is 0.541. The molecule has 1 aliphatic heterocycles. The normalized spacial score (nSPS) is 17.8. The summed E-state index contributed by atoms with van der Waals surface area (Å²) in [7, 11) is 0. The molecule has 0 radical (unpaired) electrons. The first-order chi connectivity index (χ1) is 9.69. The Balaban J connectivity index is 1.85. The number of rotatable bonds is 5. The molecule has 20 heavy (non-hydrogen) atoms. The zero-order valence-corrected chi connectivity index (χ0v) is 11.6. The summed E-state index contributed by atoms with van der Waals surface area (Å²) in [5.74, 6) is 0.0157. The summed E-state index contributed by atoms with van der Waals surface area (Å²) in [6.45, 7) is 3.04. The van der Waals surface area contributed by atoms with Crippen molar-refractivity contribution in [2.45, 2.75) is 32.3 Å². The molecule has 5 heteroatoms. The standard InChI is InChI=1S/C15H19NO4/c1-2-14(17)20-12-7-5-11(6-8-12)15(18)16-10-13-4-3-9-19-13/h5-8,13H,2-4,9-10H2,1H3,(H,16,18)/t13-/m1/s1. The molecule has 0 unspecified atom stereocenters. The maximum absolute atomic E-state index is 11.9. The Kier molecular flexibility index (Phi) is 5.12. The van der Waals surface area contributed by atoms with Gasteiger partial charge < -0.3 is 14.8 Å². The number of ether oxygens (including phenoxy) is 2. The number of hydrogen-bond acceptors (Lipinski definition) is 4. The van der Waals surface area contributed by atoms with Crippen molar-refractivity contribution in [1.29, 1.82) is 0 Å². The Hall–Kier alpha value is -1.88. The molecule has 1 aliphatic rings. The van der Waals surface area contributed by atoms with Crippen LogP contribution >= 0.6 is 0 Å². The lowest BCUT2D eigenvalue weighted by molar-refractivity contribution is -0.134. The van der Waals surface area contributed by atoms with Gasteiger partial charge in [-0.2, -0.15) is 0 Å². The zero-order chi connectivity index (χ0) is 14.4. The molecule has 0 saturated carbocycles. The van der Waals surface area contributed by atoms with Crippen LogP contribution in [0.15, 0.2) is 24.3 Å². The topological polar surface area (TPSA) is 64.6 Å². The first-order valence-electron chi connectivity index (χ1n) is 6.89. The lowest BCUT2D eigenvalue weighted by atomic mass is 10.2. The van der Waals surface area contributed by atoms with Crippen molar-refractivity contribution >= 4 is 11.9 Å². The van der Waals surface area contributed by atoms with E-state index in [1.807, 2.05) is 0 Å². The Morgan fingerprint density at radius 2 is 2.10 bits per heavy atom. The summed E-state index contributed by atoms with van der Waals surface area (Å²) in [6.07, 6.45) is 2.50. The van der Waals surface area contributed by atoms with Crippen molar-refractivity contribution in [2.24, 2.45) is 0 Å². The molecular weight excluding hydrogens is 258 g/mol. The van der Waals surface area contributed by atoms with Crippen molar-refractivity contribution in [3.63, 3.8) is 0 Å². The highest BCUT2D eigenvalue weighted by Crippen LogP contribution is 2.14. The Labute approximate surface area is 118 Å². The van der Waals surface area contributed by atoms with E-state index in [-0.39, 0.29) is 18.0 Å². The minimum absolute atomic E-state index is 0.128. The molecule has 0 spiro atoms. The van der Waals surface area contributed by atoms with Gasteiger partial charge in [-0.15, -0.1) is 0 Å². The largest absolute Gasteiger partial charge is 0.427 e. The number of benzene rings is 1. The summed E-state index contributed by atoms with van der Waals surface area (Å²) < 4.78 is 10.5. The molecule has 1 aromatic rings. The summed E-state index contributed by atoms with van der Waals surface area (Å²) >= 11 is 0. The van der Waals surface area contributed by atoms with Gasteiger partial charge in [0.05, 0.1) is 6.10 Å². The third kappa shape index (κ3) is 4.06. The molecule has 0 aromatic heterocycles. The second-order valence-electron chi connectivity index (χ2n) is 4.70. The Morgan fingerprint density at radius 1 is 1.35 bits per heavy atom. The van der Waals surface area contributed by atoms with Gasteiger partial charge in [-0.1, -0.05) is 6.92 Å². The molecule has 108 valence electrons. The smallest absolute Gasteiger partial charge is 0.310 e. The molecule has 2 rings (SSSR count). The molecule has 1 N–H and O–H groups in total. The van der Waals surface area contributed by atoms with Gasteiger partial charge in [0, 0.05) is 25.1 Å². The predicted octanol–water partition coefficient (Wildman–Crippen LogP) is 1.91. The van der Waals surface area contributed by atoms with Crippen LogP contribution in [0.3, 0.4) is 0 Å². The quantitative estimate of drug-likeness (QED) is 0.659. The summed E-state index contributed by atoms with van der Waals surface area (Å²) in [5, 5.41) is 2.84. The van der Waals surface area contributed by atoms with E-state index in [1.54, 1.807) is 31.2 Å². The SMILES string of the molecule is CCC(=O)Oc1ccc(C(=O)NC[C@H]2CCCO2)cc1. The minimum atomic E-state index is -0.291. The van der Waals surface area contributed by atoms with Crippen LogP contribution in [0.4, 0.5) is 0 Å². The lowest BCUT2D eigenvalue weighted by Gasteiger charge is -2.11. The highest BCUT2D eigenvalue weighted by atomic mass is 16.5. The molecule has 1 heterocycles. The first kappa shape index (κ1) is 14.5. The van der Waals surface area contributed by atoms with Gasteiger partial charge in [0.15, 0.2) is 0 Å². The molecular formula is C15H19NO4. The fourth-order valence-corrected chi connectivity index (χ4v) is 1.99. The van der Waals surface area contributed by atoms with Gasteiger partial charge in [-0.05, 0) is 37.1 Å². The van der Waals surface area contributed by atoms with Gasteiger partial charge in [0.2, 0.25) is 0 Å². The minimum Gasteiger partial charge on any atom is -0.427 e. The van der Waals surface area contributed by atoms with Gasteiger partial charge in [0.25, 0.3) is 5.91 Å². The number of esters is 1. The summed E-state index contributed by atoms with van der Waals surface area (Å²) in [4.78, 5) is 23.1. The van der Waals surface area contributed by atoms with Crippen LogP contribution < -0.4 is 10.1 Å². The molecule has 1 fully saturated rings. The fourth-order valence-electron chi connectivity index (χ4n) is 1.99. The number of hydrogen-bond donors (Lipinski definition) is 1. The lowest BCUT2D eigenvalue weighted by Crippen LogP contribution is -2.31. The summed E-state index contributed by atoms with van der Waals surface area (Å²) in [6, 6.07) is 6.52. The van der Waals surface area contributed by atoms with Crippen LogP contribution in [0, 0.1) is 0 Å². The van der Waals surface area contributed by atoms with E-state index in [2.05, 4.69) is 5.32 Å². The van der Waals surface area contributed by atoms with Crippen molar-refractivity contribution < 1.29 is 19.1 Å². The van der Waals surface area contributed by atoms with Crippen molar-refractivity contribution in [3.8, 4) is 5.75 Å². The van der Waals surface area contributed by atoms with Crippen LogP contribution in [0.5, 0.6) is 5.75 Å². The molecule has 1 aromatic carbocycles. The average molecular weight is 277 g/mol. The molecule has 5 nitrogen and oxygen atoms in total. The first-order valence-corrected chi connectivity index (χ1v) is 6.89. The van der Waals surface area contributed by atoms with Crippen LogP contribution in [-0.4, -0.2) is 31.1 Å². The van der Waals surface area contributed by atoms with Gasteiger partial charge in [-0.25, -0.2) is 0 Å². The van der Waals surface area contributed by atoms with Crippen LogP contribution in [0.25, 0.3) is 0 Å². The monoisotopic (exact) mass is 277 g/mol. The van der Waals surface area contributed by atoms with Crippen molar-refractivity contribution in [3.05, 3.63) is 29.8 Å². The molecule has 0 aliphatic carbocycles. The number of amides is 1. The van der Waals surface area contributed by atoms with E-state index in [4.69, 9.17) is 9.47 Å². The molecule has 1 atom stereocenters. The van der Waals surface area contributed by atoms with E-state index in [1.165, 1.54) is 0 Å². The predicted molar refractivity (Wildman–Crippen MR) is 73.7 cm³/mol. The third-order valence-corrected chi connectivity index (χ3v) is 3.15. The van der Waals surface area contributed by atoms with E-state index >= 15 is 0 Å². The van der Waals surface area contributed by atoms with E-state index in [0.29, 0.717) is 24.3 Å². The molecule has 0 bridgehead atoms. The van der Waals surface area contributed by atoms with Crippen LogP contribution in [-0.2, 0) is 9.53 Å². The van der Waals surface area contributed by atoms with Gasteiger partial charge in [-0.3, -0.25) is 9.59 Å². The Morgan fingerprint density at radius 3 is 2.70 bits per heavy atom. The van der Waals surface area contributed by atoms with Crippen molar-refractivity contribution in [1.82, 2.24) is 5.32 Å². The van der Waals surface area contributed by atoms with E-state index in [9.17, 15) is 9.59 Å². The number of carbonyl (C=O) groups is 2. The third-order valence-electron chi connectivity index (χ3n) is 3.15. The van der Waals surface area contributed by atoms with E-state index in [0.717, 1.165) is 19.4 Å². The highest BCUT2D eigenvalue weighted by Gasteiger charge is 2.16. The molecule has 1 saturated heterocycles. The average Bonchev–Trinajstić information content (AvgIpc) is 2.98. The number of nitrogens with one attached hydrogen (secondary N) is 1. The van der Waals surface area contributed by atoms with Gasteiger partial charge >= 0.3 is 5.97 Å². The number of carbonyl (C=O) groups excluding carboxylic acids is 2. The molecule has 1 amide bonds. The second-order valence-corrected chi connectivity index (χ2v) is 4.70. The van der Waals surface area contributed by atoms with Crippen LogP contribution in [0.1, 0.15) is 36.5 Å². The maximum atomic E-state index is 11.9. The fraction of sp³-hybridized carbons (Fsp3) is 0.467. The second kappa shape index (κ2) is 7.05. The van der Waals surface area contributed by atoms with Gasteiger partial charge in [0.1, 0.15) is 5.75 Å². The van der Waals surface area contributed by atoms with Crippen molar-refractivity contribution in [2.75, 3.05) is 13.2 Å².